The normalized spacial score (nSPS) is 26.5. The first-order valence-corrected chi connectivity index (χ1v) is 9.12. The fourth-order valence-electron chi connectivity index (χ4n) is 3.89. The molecule has 0 aliphatic carbocycles. The zero-order chi connectivity index (χ0) is 16.9. The molecule has 3 aliphatic rings. The average molecular weight is 329 g/mol. The lowest BCUT2D eigenvalue weighted by Gasteiger charge is -2.47. The van der Waals surface area contributed by atoms with Crippen LogP contribution < -0.4 is 10.6 Å². The van der Waals surface area contributed by atoms with Crippen LogP contribution >= 0.6 is 0 Å². The van der Waals surface area contributed by atoms with Crippen molar-refractivity contribution in [1.82, 2.24) is 20.4 Å². The van der Waals surface area contributed by atoms with Crippen molar-refractivity contribution < 1.29 is 0 Å². The summed E-state index contributed by atoms with van der Waals surface area (Å²) in [5.41, 5.74) is 4.06. The predicted octanol–water partition coefficient (Wildman–Crippen LogP) is 1.01. The number of aryl methyl sites for hydroxylation is 2. The minimum absolute atomic E-state index is 0.616. The highest BCUT2D eigenvalue weighted by Crippen LogP contribution is 2.14. The minimum atomic E-state index is 0.616. The summed E-state index contributed by atoms with van der Waals surface area (Å²) < 4.78 is 0. The van der Waals surface area contributed by atoms with Gasteiger partial charge in [0.25, 0.3) is 0 Å². The van der Waals surface area contributed by atoms with Crippen molar-refractivity contribution in [3.05, 3.63) is 34.9 Å². The van der Waals surface area contributed by atoms with E-state index in [1.54, 1.807) is 0 Å². The maximum absolute atomic E-state index is 4.36. The number of nitrogens with one attached hydrogen (secondary N) is 2. The highest BCUT2D eigenvalue weighted by molar-refractivity contribution is 5.79. The van der Waals surface area contributed by atoms with Gasteiger partial charge in [0.1, 0.15) is 0 Å². The van der Waals surface area contributed by atoms with Crippen LogP contribution in [0.15, 0.2) is 23.2 Å². The number of aliphatic imine (C=N–C) groups is 1. The third-order valence-corrected chi connectivity index (χ3v) is 5.11. The Bertz CT molecular complexity index is 555. The van der Waals surface area contributed by atoms with Crippen molar-refractivity contribution in [2.75, 3.05) is 52.9 Å². The topological polar surface area (TPSA) is 42.9 Å². The van der Waals surface area contributed by atoms with Crippen LogP contribution in [0.1, 0.15) is 16.7 Å². The molecule has 1 aromatic carbocycles. The van der Waals surface area contributed by atoms with Gasteiger partial charge in [0.15, 0.2) is 5.96 Å². The second-order valence-corrected chi connectivity index (χ2v) is 7.12. The molecule has 0 aromatic heterocycles. The molecule has 0 radical (unpaired) electrons. The van der Waals surface area contributed by atoms with Crippen LogP contribution in [-0.2, 0) is 6.42 Å². The van der Waals surface area contributed by atoms with Crippen molar-refractivity contribution in [2.45, 2.75) is 26.3 Å². The number of piperazine rings is 3. The lowest BCUT2D eigenvalue weighted by molar-refractivity contribution is 0.0154. The monoisotopic (exact) mass is 329 g/mol. The Labute approximate surface area is 146 Å². The van der Waals surface area contributed by atoms with E-state index in [-0.39, 0.29) is 0 Å². The summed E-state index contributed by atoms with van der Waals surface area (Å²) in [6, 6.07) is 7.38. The summed E-state index contributed by atoms with van der Waals surface area (Å²) >= 11 is 0. The zero-order valence-electron chi connectivity index (χ0n) is 15.3. The summed E-state index contributed by atoms with van der Waals surface area (Å²) in [7, 11) is 1.85. The lowest BCUT2D eigenvalue weighted by Crippen LogP contribution is -2.63. The zero-order valence-corrected chi connectivity index (χ0v) is 15.3. The standard InChI is InChI=1S/C19H31N5/c1-15-10-16(2)12-17(11-15)4-5-21-19(20-3)22-13-18-14-23-6-8-24(18)9-7-23/h10-12,18H,4-9,13-14H2,1-3H3,(H2,20,21,22). The molecule has 5 nitrogen and oxygen atoms in total. The molecule has 1 aromatic rings. The van der Waals surface area contributed by atoms with Crippen LogP contribution in [-0.4, -0.2) is 74.7 Å². The van der Waals surface area contributed by atoms with E-state index >= 15 is 0 Å². The number of fused-ring (bicyclic) bond motifs is 3. The van der Waals surface area contributed by atoms with Crippen molar-refractivity contribution in [3.8, 4) is 0 Å². The SMILES string of the molecule is CN=C(NCCc1cc(C)cc(C)c1)NCC1CN2CCN1CC2. The summed E-state index contributed by atoms with van der Waals surface area (Å²) in [4.78, 5) is 9.54. The molecular formula is C19H31N5. The van der Waals surface area contributed by atoms with E-state index in [1.807, 2.05) is 7.05 Å². The summed E-state index contributed by atoms with van der Waals surface area (Å²) in [5.74, 6) is 0.914. The van der Waals surface area contributed by atoms with Gasteiger partial charge in [-0.15, -0.1) is 0 Å². The van der Waals surface area contributed by atoms with Gasteiger partial charge in [0.05, 0.1) is 0 Å². The second kappa shape index (κ2) is 7.99. The van der Waals surface area contributed by atoms with E-state index in [4.69, 9.17) is 0 Å². The fourth-order valence-corrected chi connectivity index (χ4v) is 3.89. The molecule has 132 valence electrons. The van der Waals surface area contributed by atoms with Crippen LogP contribution in [0.3, 0.4) is 0 Å². The number of hydrogen-bond donors (Lipinski definition) is 2. The largest absolute Gasteiger partial charge is 0.356 e. The molecule has 3 saturated heterocycles. The second-order valence-electron chi connectivity index (χ2n) is 7.12. The van der Waals surface area contributed by atoms with Gasteiger partial charge in [-0.1, -0.05) is 29.3 Å². The third kappa shape index (κ3) is 4.48. The molecule has 3 heterocycles. The summed E-state index contributed by atoms with van der Waals surface area (Å²) in [6.45, 7) is 12.3. The van der Waals surface area contributed by atoms with Crippen LogP contribution in [0, 0.1) is 13.8 Å². The quantitative estimate of drug-likeness (QED) is 0.625. The van der Waals surface area contributed by atoms with Gasteiger partial charge >= 0.3 is 0 Å². The highest BCUT2D eigenvalue weighted by Gasteiger charge is 2.31. The third-order valence-electron chi connectivity index (χ3n) is 5.11. The Hall–Kier alpha value is -1.59. The summed E-state index contributed by atoms with van der Waals surface area (Å²) in [5, 5.41) is 6.95. The smallest absolute Gasteiger partial charge is 0.191 e. The van der Waals surface area contributed by atoms with E-state index in [2.05, 4.69) is 57.5 Å². The summed E-state index contributed by atoms with van der Waals surface area (Å²) in [6.07, 6.45) is 1.02. The number of nitrogens with zero attached hydrogens (tertiary/aromatic N) is 3. The molecule has 1 atom stereocenters. The van der Waals surface area contributed by atoms with E-state index in [1.165, 1.54) is 49.4 Å². The molecule has 4 rings (SSSR count). The maximum atomic E-state index is 4.36. The number of benzene rings is 1. The van der Waals surface area contributed by atoms with Crippen molar-refractivity contribution in [2.24, 2.45) is 4.99 Å². The van der Waals surface area contributed by atoms with Gasteiger partial charge < -0.3 is 10.6 Å². The van der Waals surface area contributed by atoms with E-state index in [9.17, 15) is 0 Å². The predicted molar refractivity (Wildman–Crippen MR) is 101 cm³/mol. The van der Waals surface area contributed by atoms with Gasteiger partial charge in [0.2, 0.25) is 0 Å². The first-order chi connectivity index (χ1) is 11.6. The van der Waals surface area contributed by atoms with Crippen molar-refractivity contribution in [3.63, 3.8) is 0 Å². The molecule has 2 bridgehead atoms. The highest BCUT2D eigenvalue weighted by atomic mass is 15.4. The van der Waals surface area contributed by atoms with Gasteiger partial charge in [0, 0.05) is 58.9 Å². The van der Waals surface area contributed by atoms with E-state index < -0.39 is 0 Å². The molecule has 3 aliphatic heterocycles. The molecular weight excluding hydrogens is 298 g/mol. The van der Waals surface area contributed by atoms with Crippen LogP contribution in [0.4, 0.5) is 0 Å². The molecule has 2 N–H and O–H groups in total. The molecule has 1 unspecified atom stereocenters. The van der Waals surface area contributed by atoms with Crippen LogP contribution in [0.25, 0.3) is 0 Å². The molecule has 3 fully saturated rings. The Morgan fingerprint density at radius 3 is 2.38 bits per heavy atom. The first kappa shape index (κ1) is 17.2. The Kier molecular flexibility index (Phi) is 5.74. The number of rotatable bonds is 5. The van der Waals surface area contributed by atoms with Gasteiger partial charge in [-0.3, -0.25) is 14.8 Å². The molecule has 0 saturated carbocycles. The Balaban J connectivity index is 1.42. The number of guanidine groups is 1. The fraction of sp³-hybridized carbons (Fsp3) is 0.632. The molecule has 0 amide bonds. The van der Waals surface area contributed by atoms with Crippen LogP contribution in [0.2, 0.25) is 0 Å². The molecule has 24 heavy (non-hydrogen) atoms. The van der Waals surface area contributed by atoms with Gasteiger partial charge in [-0.05, 0) is 25.8 Å². The molecule has 5 heteroatoms. The lowest BCUT2D eigenvalue weighted by atomic mass is 10.1. The number of hydrogen-bond acceptors (Lipinski definition) is 3. The van der Waals surface area contributed by atoms with Crippen molar-refractivity contribution >= 4 is 5.96 Å². The maximum Gasteiger partial charge on any atom is 0.191 e. The molecule has 0 spiro atoms. The van der Waals surface area contributed by atoms with Gasteiger partial charge in [-0.2, -0.15) is 0 Å². The van der Waals surface area contributed by atoms with Crippen molar-refractivity contribution in [1.29, 1.82) is 0 Å². The average Bonchev–Trinajstić information content (AvgIpc) is 2.58. The van der Waals surface area contributed by atoms with E-state index in [0.717, 1.165) is 25.5 Å². The van der Waals surface area contributed by atoms with E-state index in [0.29, 0.717) is 6.04 Å². The minimum Gasteiger partial charge on any atom is -0.356 e. The van der Waals surface area contributed by atoms with Gasteiger partial charge in [-0.25, -0.2) is 0 Å². The Morgan fingerprint density at radius 1 is 1.08 bits per heavy atom. The van der Waals surface area contributed by atoms with Crippen LogP contribution in [0.5, 0.6) is 0 Å². The first-order valence-electron chi connectivity index (χ1n) is 9.12. The Morgan fingerprint density at radius 2 is 1.79 bits per heavy atom.